The topological polar surface area (TPSA) is 85.3 Å². The first kappa shape index (κ1) is 5.96. The van der Waals surface area contributed by atoms with Gasteiger partial charge in [0.1, 0.15) is 12.2 Å². The maximum absolute atomic E-state index is 11.0. The Balaban J connectivity index is 2.77. The third-order valence-electron chi connectivity index (χ3n) is 1.39. The first-order valence-electron chi connectivity index (χ1n) is 3.03. The zero-order valence-electron chi connectivity index (χ0n) is 5.53. The fourth-order valence-electron chi connectivity index (χ4n) is 0.930. The molecule has 1 aromatic rings. The van der Waals surface area contributed by atoms with Gasteiger partial charge in [0.2, 0.25) is 0 Å². The molecule has 1 radical (unpaired) electrons. The predicted molar refractivity (Wildman–Crippen MR) is 41.4 cm³/mol. The number of aromatic nitrogens is 1. The summed E-state index contributed by atoms with van der Waals surface area (Å²) >= 11 is 0. The van der Waals surface area contributed by atoms with Crippen LogP contribution in [0, 0.1) is 0 Å². The molecule has 0 aromatic carbocycles. The zero-order chi connectivity index (χ0) is 7.84. The van der Waals surface area contributed by atoms with E-state index in [-0.39, 0.29) is 5.56 Å². The van der Waals surface area contributed by atoms with Gasteiger partial charge in [0.05, 0.1) is 5.69 Å². The van der Waals surface area contributed by atoms with E-state index in [2.05, 4.69) is 15.3 Å². The highest BCUT2D eigenvalue weighted by Gasteiger charge is 2.11. The van der Waals surface area contributed by atoms with Crippen molar-refractivity contribution in [3.05, 3.63) is 16.4 Å². The third-order valence-corrected chi connectivity index (χ3v) is 1.39. The van der Waals surface area contributed by atoms with Crippen LogP contribution in [0.4, 0.5) is 17.2 Å². The van der Waals surface area contributed by atoms with Crippen LogP contribution in [0.25, 0.3) is 0 Å². The third kappa shape index (κ3) is 0.778. The maximum atomic E-state index is 11.0. The van der Waals surface area contributed by atoms with Crippen LogP contribution in [0.2, 0.25) is 0 Å². The van der Waals surface area contributed by atoms with E-state index in [1.807, 2.05) is 0 Å². The molecule has 5 nitrogen and oxygen atoms in total. The number of nitrogens with zero attached hydrogens (tertiary/aromatic N) is 2. The lowest BCUT2D eigenvalue weighted by Gasteiger charge is -1.95. The highest BCUT2D eigenvalue weighted by molar-refractivity contribution is 5.82. The van der Waals surface area contributed by atoms with Crippen LogP contribution >= 0.6 is 0 Å². The highest BCUT2D eigenvalue weighted by Crippen LogP contribution is 2.24. The number of hydrogen-bond acceptors (Lipinski definition) is 3. The minimum absolute atomic E-state index is 0.294. The fraction of sp³-hybridized carbons (Fsp3) is 0. The lowest BCUT2D eigenvalue weighted by atomic mass is 10.3. The van der Waals surface area contributed by atoms with E-state index in [0.29, 0.717) is 17.2 Å². The summed E-state index contributed by atoms with van der Waals surface area (Å²) < 4.78 is 0. The van der Waals surface area contributed by atoms with Gasteiger partial charge in [0.25, 0.3) is 5.56 Å². The van der Waals surface area contributed by atoms with E-state index in [1.165, 1.54) is 6.34 Å². The molecule has 0 unspecified atom stereocenters. The molecule has 55 valence electrons. The van der Waals surface area contributed by atoms with Gasteiger partial charge in [-0.05, 0) is 0 Å². The largest absolute Gasteiger partial charge is 0.385 e. The molecule has 0 saturated heterocycles. The number of hydrogen-bond donors (Lipinski definition) is 2. The molecule has 1 aliphatic rings. The van der Waals surface area contributed by atoms with Crippen molar-refractivity contribution < 1.29 is 0 Å². The standard InChI is InChI=1S/C6H5N4O/c7-4-1-3-5(6(11)10-4)9-2-8-3/h1-2H,(H3,7,10,11). The molecule has 2 rings (SSSR count). The lowest BCUT2D eigenvalue weighted by Crippen LogP contribution is -2.07. The molecule has 0 spiro atoms. The van der Waals surface area contributed by atoms with Gasteiger partial charge in [-0.1, -0.05) is 0 Å². The number of aromatic amines is 1. The molecule has 1 aromatic heterocycles. The summed E-state index contributed by atoms with van der Waals surface area (Å²) in [5.41, 5.74) is 5.93. The van der Waals surface area contributed by atoms with Crippen molar-refractivity contribution in [2.24, 2.45) is 4.99 Å². The van der Waals surface area contributed by atoms with Crippen molar-refractivity contribution in [1.82, 2.24) is 10.3 Å². The summed E-state index contributed by atoms with van der Waals surface area (Å²) in [4.78, 5) is 17.2. The van der Waals surface area contributed by atoms with Crippen LogP contribution in [0.1, 0.15) is 0 Å². The first-order chi connectivity index (χ1) is 5.27. The van der Waals surface area contributed by atoms with E-state index in [0.717, 1.165) is 0 Å². The molecule has 0 aliphatic carbocycles. The number of rotatable bonds is 0. The van der Waals surface area contributed by atoms with E-state index in [9.17, 15) is 4.79 Å². The Morgan fingerprint density at radius 1 is 1.55 bits per heavy atom. The Bertz CT molecular complexity index is 379. The molecule has 3 N–H and O–H groups in total. The van der Waals surface area contributed by atoms with Gasteiger partial charge in [-0.15, -0.1) is 0 Å². The molecule has 0 bridgehead atoms. The second-order valence-corrected chi connectivity index (χ2v) is 2.16. The Kier molecular flexibility index (Phi) is 1.00. The summed E-state index contributed by atoms with van der Waals surface area (Å²) in [7, 11) is 0. The van der Waals surface area contributed by atoms with E-state index in [4.69, 9.17) is 5.73 Å². The van der Waals surface area contributed by atoms with Gasteiger partial charge in [-0.25, -0.2) is 10.3 Å². The molecule has 11 heavy (non-hydrogen) atoms. The minimum Gasteiger partial charge on any atom is -0.385 e. The van der Waals surface area contributed by atoms with Gasteiger partial charge < -0.3 is 10.7 Å². The highest BCUT2D eigenvalue weighted by atomic mass is 16.1. The van der Waals surface area contributed by atoms with Crippen LogP contribution in [-0.4, -0.2) is 11.3 Å². The number of fused-ring (bicyclic) bond motifs is 1. The van der Waals surface area contributed by atoms with E-state index in [1.54, 1.807) is 6.07 Å². The molecular formula is C6H5N4O. The van der Waals surface area contributed by atoms with Gasteiger partial charge in [-0.2, -0.15) is 0 Å². The molecule has 0 fully saturated rings. The SMILES string of the molecule is Nc1cc2c(c(=O)[nH]1)N=C[N]2. The quantitative estimate of drug-likeness (QED) is 0.538. The number of nitrogens with two attached hydrogens (primary N) is 1. The van der Waals surface area contributed by atoms with Crippen LogP contribution in [0.3, 0.4) is 0 Å². The summed E-state index contributed by atoms with van der Waals surface area (Å²) in [5.74, 6) is 0.308. The first-order valence-corrected chi connectivity index (χ1v) is 3.03. The molecule has 0 saturated carbocycles. The Morgan fingerprint density at radius 2 is 2.36 bits per heavy atom. The number of aliphatic imine (C=N–C) groups is 1. The number of anilines is 1. The van der Waals surface area contributed by atoms with Crippen molar-refractivity contribution in [2.45, 2.75) is 0 Å². The molecular weight excluding hydrogens is 144 g/mol. The molecule has 1 aliphatic heterocycles. The summed E-state index contributed by atoms with van der Waals surface area (Å²) in [6.07, 6.45) is 1.33. The van der Waals surface area contributed by atoms with Crippen molar-refractivity contribution in [3.63, 3.8) is 0 Å². The molecule has 5 heteroatoms. The monoisotopic (exact) mass is 149 g/mol. The van der Waals surface area contributed by atoms with Crippen molar-refractivity contribution in [3.8, 4) is 0 Å². The Hall–Kier alpha value is -1.78. The summed E-state index contributed by atoms with van der Waals surface area (Å²) in [6.45, 7) is 0. The second-order valence-electron chi connectivity index (χ2n) is 2.16. The van der Waals surface area contributed by atoms with Gasteiger partial charge in [0.15, 0.2) is 5.69 Å². The summed E-state index contributed by atoms with van der Waals surface area (Å²) in [5, 5.41) is 3.83. The van der Waals surface area contributed by atoms with Crippen LogP contribution in [-0.2, 0) is 0 Å². The van der Waals surface area contributed by atoms with E-state index >= 15 is 0 Å². The van der Waals surface area contributed by atoms with Gasteiger partial charge >= 0.3 is 0 Å². The number of nitrogen functional groups attached to an aromatic ring is 1. The average molecular weight is 149 g/mol. The smallest absolute Gasteiger partial charge is 0.277 e. The molecule has 2 heterocycles. The maximum Gasteiger partial charge on any atom is 0.277 e. The van der Waals surface area contributed by atoms with Crippen molar-refractivity contribution in [1.29, 1.82) is 0 Å². The van der Waals surface area contributed by atoms with Crippen molar-refractivity contribution in [2.75, 3.05) is 5.73 Å². The van der Waals surface area contributed by atoms with Gasteiger partial charge in [-0.3, -0.25) is 4.79 Å². The Morgan fingerprint density at radius 3 is 3.18 bits per heavy atom. The van der Waals surface area contributed by atoms with Crippen molar-refractivity contribution >= 4 is 23.5 Å². The van der Waals surface area contributed by atoms with Gasteiger partial charge in [0, 0.05) is 6.07 Å². The van der Waals surface area contributed by atoms with E-state index < -0.39 is 0 Å². The number of H-pyrrole nitrogens is 1. The predicted octanol–water partition coefficient (Wildman–Crippen LogP) is -0.134. The zero-order valence-corrected chi connectivity index (χ0v) is 5.53. The van der Waals surface area contributed by atoms with Crippen LogP contribution < -0.4 is 16.6 Å². The number of nitrogens with one attached hydrogen (secondary N) is 1. The Labute approximate surface area is 62.0 Å². The molecule has 0 atom stereocenters. The number of pyridine rings is 1. The lowest BCUT2D eigenvalue weighted by molar-refractivity contribution is 1.22. The minimum atomic E-state index is -0.294. The average Bonchev–Trinajstić information content (AvgIpc) is 2.34. The fourth-order valence-corrected chi connectivity index (χ4v) is 0.930. The molecule has 0 amide bonds. The van der Waals surface area contributed by atoms with Crippen LogP contribution in [0.5, 0.6) is 0 Å². The summed E-state index contributed by atoms with van der Waals surface area (Å²) in [6, 6.07) is 1.57. The van der Waals surface area contributed by atoms with Crippen LogP contribution in [0.15, 0.2) is 15.9 Å². The second kappa shape index (κ2) is 1.85. The normalized spacial score (nSPS) is 12.7.